The number of hydrogen-bond donors (Lipinski definition) is 1. The first-order valence-corrected chi connectivity index (χ1v) is 10.0. The van der Waals surface area contributed by atoms with Gasteiger partial charge in [-0.1, -0.05) is 0 Å². The number of benzene rings is 1. The molecule has 1 aliphatic heterocycles. The van der Waals surface area contributed by atoms with E-state index in [9.17, 15) is 14.9 Å². The number of hydrogen-bond acceptors (Lipinski definition) is 5. The van der Waals surface area contributed by atoms with Crippen LogP contribution in [0.25, 0.3) is 0 Å². The number of nitro benzene ring substituents is 1. The standard InChI is InChI=1S/C18H20BrN3O3S.ClH/c1-11-9-14-10-16(19)26-17(14)12(2)21(11)8-7-20-18(23)13-3-5-15(6-4-13)22(24)25;/h3-6,10-12H,7-9H2,1-2H3,(H,20,23);1H. The van der Waals surface area contributed by atoms with Crippen molar-refractivity contribution in [1.29, 1.82) is 0 Å². The SMILES string of the molecule is CC1Cc2cc(Br)sc2C(C)N1CCNC(=O)c1ccc([N+](=O)[O-])cc1.Cl. The molecule has 6 nitrogen and oxygen atoms in total. The molecule has 0 radical (unpaired) electrons. The highest BCUT2D eigenvalue weighted by molar-refractivity contribution is 9.11. The third-order valence-corrected chi connectivity index (χ3v) is 6.62. The Hall–Kier alpha value is -1.48. The number of non-ortho nitro benzene ring substituents is 1. The minimum Gasteiger partial charge on any atom is -0.351 e. The maximum Gasteiger partial charge on any atom is 0.269 e. The predicted octanol–water partition coefficient (Wildman–Crippen LogP) is 4.58. The summed E-state index contributed by atoms with van der Waals surface area (Å²) >= 11 is 5.35. The maximum absolute atomic E-state index is 12.2. The monoisotopic (exact) mass is 473 g/mol. The lowest BCUT2D eigenvalue weighted by molar-refractivity contribution is -0.384. The average Bonchev–Trinajstić information content (AvgIpc) is 2.98. The minimum absolute atomic E-state index is 0. The lowest BCUT2D eigenvalue weighted by Crippen LogP contribution is -2.44. The average molecular weight is 475 g/mol. The van der Waals surface area contributed by atoms with Crippen LogP contribution >= 0.6 is 39.7 Å². The van der Waals surface area contributed by atoms with Crippen LogP contribution in [0.15, 0.2) is 34.1 Å². The Kier molecular flexibility index (Phi) is 7.39. The molecule has 1 aliphatic rings. The fourth-order valence-corrected chi connectivity index (χ4v) is 5.23. The molecule has 0 spiro atoms. The van der Waals surface area contributed by atoms with Crippen molar-refractivity contribution in [3.8, 4) is 0 Å². The number of carbonyl (C=O) groups excluding carboxylic acids is 1. The van der Waals surface area contributed by atoms with Crippen LogP contribution < -0.4 is 5.32 Å². The van der Waals surface area contributed by atoms with Crippen molar-refractivity contribution in [3.05, 3.63) is 60.2 Å². The molecule has 0 bridgehead atoms. The molecule has 9 heteroatoms. The van der Waals surface area contributed by atoms with Crippen LogP contribution in [-0.2, 0) is 6.42 Å². The predicted molar refractivity (Wildman–Crippen MR) is 113 cm³/mol. The van der Waals surface area contributed by atoms with Gasteiger partial charge in [0, 0.05) is 47.7 Å². The summed E-state index contributed by atoms with van der Waals surface area (Å²) in [4.78, 5) is 26.2. The van der Waals surface area contributed by atoms with Crippen molar-refractivity contribution in [2.45, 2.75) is 32.4 Å². The number of fused-ring (bicyclic) bond motifs is 1. The highest BCUT2D eigenvalue weighted by Crippen LogP contribution is 2.39. The number of carbonyl (C=O) groups is 1. The van der Waals surface area contributed by atoms with E-state index in [0.717, 1.165) is 16.8 Å². The number of halogens is 2. The van der Waals surface area contributed by atoms with Crippen LogP contribution in [-0.4, -0.2) is 34.9 Å². The topological polar surface area (TPSA) is 75.5 Å². The maximum atomic E-state index is 12.2. The Balaban J connectivity index is 0.00000261. The zero-order valence-electron chi connectivity index (χ0n) is 15.0. The van der Waals surface area contributed by atoms with Crippen molar-refractivity contribution < 1.29 is 9.72 Å². The summed E-state index contributed by atoms with van der Waals surface area (Å²) in [5.74, 6) is -0.211. The zero-order valence-corrected chi connectivity index (χ0v) is 18.2. The van der Waals surface area contributed by atoms with E-state index in [4.69, 9.17) is 0 Å². The van der Waals surface area contributed by atoms with E-state index in [1.165, 1.54) is 34.7 Å². The van der Waals surface area contributed by atoms with Crippen LogP contribution in [0.4, 0.5) is 5.69 Å². The summed E-state index contributed by atoms with van der Waals surface area (Å²) in [6.45, 7) is 5.71. The lowest BCUT2D eigenvalue weighted by atomic mass is 9.97. The molecule has 0 saturated carbocycles. The van der Waals surface area contributed by atoms with Crippen molar-refractivity contribution in [2.75, 3.05) is 13.1 Å². The molecule has 1 N–H and O–H groups in total. The van der Waals surface area contributed by atoms with E-state index in [1.54, 1.807) is 11.3 Å². The summed E-state index contributed by atoms with van der Waals surface area (Å²) in [5, 5.41) is 13.6. The van der Waals surface area contributed by atoms with Crippen molar-refractivity contribution in [2.24, 2.45) is 0 Å². The van der Waals surface area contributed by atoms with Crippen molar-refractivity contribution >= 4 is 51.3 Å². The second kappa shape index (κ2) is 9.14. The van der Waals surface area contributed by atoms with Gasteiger partial charge in [-0.25, -0.2) is 0 Å². The van der Waals surface area contributed by atoms with Gasteiger partial charge in [0.15, 0.2) is 0 Å². The number of amides is 1. The fraction of sp³-hybridized carbons (Fsp3) is 0.389. The van der Waals surface area contributed by atoms with Crippen molar-refractivity contribution in [1.82, 2.24) is 10.2 Å². The molecule has 2 aromatic rings. The van der Waals surface area contributed by atoms with Crippen LogP contribution in [0.3, 0.4) is 0 Å². The van der Waals surface area contributed by atoms with Crippen LogP contribution in [0.5, 0.6) is 0 Å². The number of rotatable bonds is 5. The molecule has 2 heterocycles. The van der Waals surface area contributed by atoms with Crippen LogP contribution in [0.1, 0.15) is 40.7 Å². The molecule has 0 saturated heterocycles. The quantitative estimate of drug-likeness (QED) is 0.508. The molecule has 0 aliphatic carbocycles. The molecule has 0 fully saturated rings. The summed E-state index contributed by atoms with van der Waals surface area (Å²) in [5.41, 5.74) is 1.82. The number of nitrogens with one attached hydrogen (secondary N) is 1. The summed E-state index contributed by atoms with van der Waals surface area (Å²) in [6, 6.07) is 8.60. The van der Waals surface area contributed by atoms with Gasteiger partial charge in [0.2, 0.25) is 0 Å². The molecule has 27 heavy (non-hydrogen) atoms. The molecular formula is C18H21BrClN3O3S. The van der Waals surface area contributed by atoms with Gasteiger partial charge in [0.1, 0.15) is 0 Å². The fourth-order valence-electron chi connectivity index (χ4n) is 3.44. The zero-order chi connectivity index (χ0) is 18.8. The van der Waals surface area contributed by atoms with E-state index in [-0.39, 0.29) is 24.0 Å². The molecule has 2 atom stereocenters. The van der Waals surface area contributed by atoms with Gasteiger partial charge in [-0.05, 0) is 60.0 Å². The molecule has 3 rings (SSSR count). The number of thiophene rings is 1. The van der Waals surface area contributed by atoms with E-state index in [2.05, 4.69) is 46.1 Å². The van der Waals surface area contributed by atoms with E-state index in [1.807, 2.05) is 0 Å². The summed E-state index contributed by atoms with van der Waals surface area (Å²) < 4.78 is 1.16. The highest BCUT2D eigenvalue weighted by atomic mass is 79.9. The highest BCUT2D eigenvalue weighted by Gasteiger charge is 2.30. The molecule has 1 aromatic heterocycles. The van der Waals surface area contributed by atoms with Crippen molar-refractivity contribution in [3.63, 3.8) is 0 Å². The normalized spacial score (nSPS) is 19.1. The third-order valence-electron chi connectivity index (χ3n) is 4.77. The van der Waals surface area contributed by atoms with E-state index in [0.29, 0.717) is 24.2 Å². The molecule has 1 aromatic carbocycles. The molecule has 2 unspecified atom stereocenters. The summed E-state index contributed by atoms with van der Waals surface area (Å²) in [6.07, 6.45) is 1.01. The molecule has 1 amide bonds. The second-order valence-corrected chi connectivity index (χ2v) is 8.93. The van der Waals surface area contributed by atoms with Gasteiger partial charge < -0.3 is 5.32 Å². The smallest absolute Gasteiger partial charge is 0.269 e. The van der Waals surface area contributed by atoms with Crippen LogP contribution in [0, 0.1) is 10.1 Å². The first kappa shape index (κ1) is 21.8. The number of nitro groups is 1. The Bertz CT molecular complexity index is 828. The minimum atomic E-state index is -0.474. The van der Waals surface area contributed by atoms with E-state index >= 15 is 0 Å². The van der Waals surface area contributed by atoms with Gasteiger partial charge in [0.25, 0.3) is 11.6 Å². The van der Waals surface area contributed by atoms with Gasteiger partial charge >= 0.3 is 0 Å². The van der Waals surface area contributed by atoms with Gasteiger partial charge in [-0.3, -0.25) is 19.8 Å². The number of nitrogens with zero attached hydrogens (tertiary/aromatic N) is 2. The van der Waals surface area contributed by atoms with E-state index < -0.39 is 4.92 Å². The first-order valence-electron chi connectivity index (χ1n) is 8.43. The van der Waals surface area contributed by atoms with Gasteiger partial charge in [-0.15, -0.1) is 23.7 Å². The lowest BCUT2D eigenvalue weighted by Gasteiger charge is -2.38. The summed E-state index contributed by atoms with van der Waals surface area (Å²) in [7, 11) is 0. The Morgan fingerprint density at radius 3 is 2.67 bits per heavy atom. The van der Waals surface area contributed by atoms with Gasteiger partial charge in [-0.2, -0.15) is 0 Å². The Morgan fingerprint density at radius 1 is 1.37 bits per heavy atom. The molecule has 146 valence electrons. The van der Waals surface area contributed by atoms with Gasteiger partial charge in [0.05, 0.1) is 8.71 Å². The van der Waals surface area contributed by atoms with Crippen LogP contribution in [0.2, 0.25) is 0 Å². The largest absolute Gasteiger partial charge is 0.351 e. The Labute approximate surface area is 176 Å². The molecular weight excluding hydrogens is 454 g/mol. The second-order valence-electron chi connectivity index (χ2n) is 6.47. The first-order chi connectivity index (χ1) is 12.4. The third kappa shape index (κ3) is 4.87. The Morgan fingerprint density at radius 2 is 2.04 bits per heavy atom.